The molecule has 7 nitrogen and oxygen atoms in total. The van der Waals surface area contributed by atoms with Gasteiger partial charge in [-0.3, -0.25) is 15.5 Å². The Bertz CT molecular complexity index is 744. The zero-order chi connectivity index (χ0) is 16.8. The average molecular weight is 315 g/mol. The van der Waals surface area contributed by atoms with Crippen LogP contribution in [-0.2, 0) is 0 Å². The van der Waals surface area contributed by atoms with Crippen LogP contribution in [0.3, 0.4) is 0 Å². The van der Waals surface area contributed by atoms with Crippen LogP contribution in [0.25, 0.3) is 0 Å². The van der Waals surface area contributed by atoms with Gasteiger partial charge in [0.25, 0.3) is 5.69 Å². The summed E-state index contributed by atoms with van der Waals surface area (Å²) in [7, 11) is 3.14. The van der Waals surface area contributed by atoms with Gasteiger partial charge in [0.2, 0.25) is 0 Å². The topological polar surface area (TPSA) is 86.0 Å². The first-order chi connectivity index (χ1) is 11.1. The molecule has 7 heteroatoms. The van der Waals surface area contributed by atoms with Crippen LogP contribution in [0, 0.1) is 10.1 Å². The van der Waals surface area contributed by atoms with Crippen molar-refractivity contribution in [3.8, 4) is 11.5 Å². The summed E-state index contributed by atoms with van der Waals surface area (Å²) < 4.78 is 10.5. The van der Waals surface area contributed by atoms with Gasteiger partial charge in [-0.05, 0) is 31.2 Å². The fourth-order valence-corrected chi connectivity index (χ4v) is 2.03. The predicted octanol–water partition coefficient (Wildman–Crippen LogP) is 3.45. The van der Waals surface area contributed by atoms with Gasteiger partial charge in [0.15, 0.2) is 0 Å². The third-order valence-electron chi connectivity index (χ3n) is 3.24. The van der Waals surface area contributed by atoms with Gasteiger partial charge in [0.05, 0.1) is 24.9 Å². The highest BCUT2D eigenvalue weighted by atomic mass is 16.6. The molecular formula is C16H17N3O4. The molecule has 0 aromatic heterocycles. The van der Waals surface area contributed by atoms with E-state index in [-0.39, 0.29) is 5.69 Å². The zero-order valence-corrected chi connectivity index (χ0v) is 13.1. The molecule has 1 N–H and O–H groups in total. The van der Waals surface area contributed by atoms with Crippen LogP contribution >= 0.6 is 0 Å². The van der Waals surface area contributed by atoms with E-state index in [1.807, 2.05) is 0 Å². The van der Waals surface area contributed by atoms with Crippen molar-refractivity contribution in [3.05, 3.63) is 58.1 Å². The second kappa shape index (κ2) is 7.26. The summed E-state index contributed by atoms with van der Waals surface area (Å²) in [6.07, 6.45) is 0. The summed E-state index contributed by atoms with van der Waals surface area (Å²) in [5.74, 6) is 1.30. The third-order valence-corrected chi connectivity index (χ3v) is 3.24. The normalized spacial score (nSPS) is 11.0. The first kappa shape index (κ1) is 16.3. The predicted molar refractivity (Wildman–Crippen MR) is 88.5 cm³/mol. The van der Waals surface area contributed by atoms with Crippen molar-refractivity contribution in [1.82, 2.24) is 0 Å². The Morgan fingerprint density at radius 2 is 1.91 bits per heavy atom. The number of methoxy groups -OCH3 is 2. The molecule has 0 aliphatic carbocycles. The van der Waals surface area contributed by atoms with Crippen molar-refractivity contribution in [2.45, 2.75) is 6.92 Å². The van der Waals surface area contributed by atoms with Gasteiger partial charge in [0, 0.05) is 11.6 Å². The van der Waals surface area contributed by atoms with E-state index in [0.29, 0.717) is 22.9 Å². The van der Waals surface area contributed by atoms with E-state index in [4.69, 9.17) is 9.47 Å². The van der Waals surface area contributed by atoms with Crippen LogP contribution in [0.1, 0.15) is 12.5 Å². The van der Waals surface area contributed by atoms with E-state index in [2.05, 4.69) is 10.5 Å². The van der Waals surface area contributed by atoms with E-state index in [9.17, 15) is 10.1 Å². The maximum Gasteiger partial charge on any atom is 0.294 e. The molecule has 2 aromatic rings. The molecule has 0 amide bonds. The van der Waals surface area contributed by atoms with Gasteiger partial charge in [0.1, 0.15) is 17.2 Å². The highest BCUT2D eigenvalue weighted by Crippen LogP contribution is 2.26. The highest BCUT2D eigenvalue weighted by Gasteiger charge is 2.12. The fraction of sp³-hybridized carbons (Fsp3) is 0.188. The van der Waals surface area contributed by atoms with Crippen LogP contribution in [0.5, 0.6) is 11.5 Å². The van der Waals surface area contributed by atoms with E-state index in [0.717, 1.165) is 5.56 Å². The van der Waals surface area contributed by atoms with Gasteiger partial charge >= 0.3 is 0 Å². The molecule has 120 valence electrons. The van der Waals surface area contributed by atoms with E-state index >= 15 is 0 Å². The first-order valence-electron chi connectivity index (χ1n) is 6.83. The third kappa shape index (κ3) is 3.76. The van der Waals surface area contributed by atoms with Gasteiger partial charge < -0.3 is 9.47 Å². The maximum atomic E-state index is 11.0. The number of nitrogens with one attached hydrogen (secondary N) is 1. The molecule has 0 heterocycles. The second-order valence-electron chi connectivity index (χ2n) is 4.65. The molecule has 2 rings (SSSR count). The molecule has 0 aliphatic rings. The number of hydrogen-bond acceptors (Lipinski definition) is 6. The van der Waals surface area contributed by atoms with Crippen LogP contribution in [0.15, 0.2) is 47.6 Å². The first-order valence-corrected chi connectivity index (χ1v) is 6.83. The summed E-state index contributed by atoms with van der Waals surface area (Å²) in [6.45, 7) is 1.78. The van der Waals surface area contributed by atoms with Crippen LogP contribution in [0.4, 0.5) is 11.4 Å². The molecule has 2 aromatic carbocycles. The lowest BCUT2D eigenvalue weighted by molar-refractivity contribution is -0.384. The molecule has 0 radical (unpaired) electrons. The molecule has 0 saturated carbocycles. The molecule has 0 spiro atoms. The maximum absolute atomic E-state index is 11.0. The van der Waals surface area contributed by atoms with E-state index in [1.165, 1.54) is 6.07 Å². The number of ether oxygens (including phenoxy) is 2. The summed E-state index contributed by atoms with van der Waals surface area (Å²) in [4.78, 5) is 10.5. The Kier molecular flexibility index (Phi) is 5.14. The SMILES string of the molecule is COc1ccc(OC)c(/C(C)=N\Nc2ccccc2[N+](=O)[O-])c1. The lowest BCUT2D eigenvalue weighted by Gasteiger charge is -2.10. The van der Waals surface area contributed by atoms with Crippen LogP contribution in [-0.4, -0.2) is 24.9 Å². The van der Waals surface area contributed by atoms with Crippen molar-refractivity contribution < 1.29 is 14.4 Å². The van der Waals surface area contributed by atoms with Crippen molar-refractivity contribution >= 4 is 17.1 Å². The Morgan fingerprint density at radius 1 is 1.17 bits per heavy atom. The molecular weight excluding hydrogens is 298 g/mol. The molecule has 0 unspecified atom stereocenters. The Labute approximate surface area is 133 Å². The summed E-state index contributed by atoms with van der Waals surface area (Å²) in [5, 5.41) is 15.2. The van der Waals surface area contributed by atoms with Crippen molar-refractivity contribution in [2.75, 3.05) is 19.6 Å². The molecule has 0 saturated heterocycles. The van der Waals surface area contributed by atoms with Gasteiger partial charge in [-0.2, -0.15) is 5.10 Å². The van der Waals surface area contributed by atoms with Gasteiger partial charge in [-0.15, -0.1) is 0 Å². The second-order valence-corrected chi connectivity index (χ2v) is 4.65. The van der Waals surface area contributed by atoms with E-state index in [1.54, 1.807) is 57.5 Å². The van der Waals surface area contributed by atoms with Crippen molar-refractivity contribution in [1.29, 1.82) is 0 Å². The van der Waals surface area contributed by atoms with Gasteiger partial charge in [-0.1, -0.05) is 12.1 Å². The largest absolute Gasteiger partial charge is 0.497 e. The summed E-state index contributed by atoms with van der Waals surface area (Å²) in [6, 6.07) is 11.7. The molecule has 0 fully saturated rings. The fourth-order valence-electron chi connectivity index (χ4n) is 2.03. The number of benzene rings is 2. The number of para-hydroxylation sites is 2. The number of nitrogens with zero attached hydrogens (tertiary/aromatic N) is 2. The number of anilines is 1. The minimum atomic E-state index is -0.459. The quantitative estimate of drug-likeness (QED) is 0.501. The number of nitro benzene ring substituents is 1. The average Bonchev–Trinajstić information content (AvgIpc) is 2.59. The number of rotatable bonds is 6. The Morgan fingerprint density at radius 3 is 2.57 bits per heavy atom. The van der Waals surface area contributed by atoms with Crippen molar-refractivity contribution in [2.24, 2.45) is 5.10 Å². The monoisotopic (exact) mass is 315 g/mol. The van der Waals surface area contributed by atoms with Gasteiger partial charge in [-0.25, -0.2) is 0 Å². The summed E-state index contributed by atoms with van der Waals surface area (Å²) in [5.41, 5.74) is 4.35. The Hall–Kier alpha value is -3.09. The zero-order valence-electron chi connectivity index (χ0n) is 13.1. The minimum Gasteiger partial charge on any atom is -0.497 e. The smallest absolute Gasteiger partial charge is 0.294 e. The van der Waals surface area contributed by atoms with Crippen molar-refractivity contribution in [3.63, 3.8) is 0 Å². The number of hydrogen-bond donors (Lipinski definition) is 1. The lowest BCUT2D eigenvalue weighted by Crippen LogP contribution is -2.04. The number of nitro groups is 1. The van der Waals surface area contributed by atoms with Crippen LogP contribution < -0.4 is 14.9 Å². The Balaban J connectivity index is 2.32. The standard InChI is InChI=1S/C16H17N3O4/c1-11(13-10-12(22-2)8-9-16(13)23-3)17-18-14-6-4-5-7-15(14)19(20)21/h4-10,18H,1-3H3/b17-11-. The molecule has 0 atom stereocenters. The molecule has 0 aliphatic heterocycles. The lowest BCUT2D eigenvalue weighted by atomic mass is 10.1. The highest BCUT2D eigenvalue weighted by molar-refractivity contribution is 6.02. The molecule has 0 bridgehead atoms. The minimum absolute atomic E-state index is 0.0401. The van der Waals surface area contributed by atoms with Crippen LogP contribution in [0.2, 0.25) is 0 Å². The number of hydrazone groups is 1. The molecule has 23 heavy (non-hydrogen) atoms. The summed E-state index contributed by atoms with van der Waals surface area (Å²) >= 11 is 0. The van der Waals surface area contributed by atoms with E-state index < -0.39 is 4.92 Å².